The van der Waals surface area contributed by atoms with Crippen molar-refractivity contribution in [1.82, 2.24) is 5.32 Å². The fourth-order valence-corrected chi connectivity index (χ4v) is 4.63. The van der Waals surface area contributed by atoms with E-state index in [0.29, 0.717) is 43.4 Å². The summed E-state index contributed by atoms with van der Waals surface area (Å²) < 4.78 is 17.5. The van der Waals surface area contributed by atoms with Crippen molar-refractivity contribution in [3.05, 3.63) is 108 Å². The molecule has 0 bridgehead atoms. The number of carbonyl (C=O) groups is 1. The van der Waals surface area contributed by atoms with Gasteiger partial charge in [0.15, 0.2) is 11.6 Å². The number of aryl methyl sites for hydroxylation is 1. The van der Waals surface area contributed by atoms with Gasteiger partial charge in [0.2, 0.25) is 5.90 Å². The Morgan fingerprint density at radius 1 is 1.08 bits per heavy atom. The Balaban J connectivity index is 1.59. The SMILES string of the molecule is C=CC[C@@]1(C(=O)NCCCc2ccccc2)N=C(c2ccc(OCCCO)cc2)O[C@@H]1c1cccc(OC)c1. The minimum Gasteiger partial charge on any atom is -0.497 e. The molecule has 0 aliphatic carbocycles. The predicted octanol–water partition coefficient (Wildman–Crippen LogP) is 5.04. The fourth-order valence-electron chi connectivity index (χ4n) is 4.63. The van der Waals surface area contributed by atoms with Gasteiger partial charge in [0.05, 0.1) is 13.7 Å². The van der Waals surface area contributed by atoms with Crippen LogP contribution in [-0.2, 0) is 16.0 Å². The number of nitrogens with zero attached hydrogens (tertiary/aromatic N) is 1. The zero-order valence-corrected chi connectivity index (χ0v) is 22.3. The highest BCUT2D eigenvalue weighted by atomic mass is 16.5. The number of methoxy groups -OCH3 is 1. The number of amides is 1. The van der Waals surface area contributed by atoms with E-state index in [2.05, 4.69) is 24.0 Å². The molecule has 4 rings (SSSR count). The summed E-state index contributed by atoms with van der Waals surface area (Å²) in [6.45, 7) is 4.95. The number of hydrogen-bond donors (Lipinski definition) is 2. The number of benzene rings is 3. The summed E-state index contributed by atoms with van der Waals surface area (Å²) in [5, 5.41) is 12.1. The topological polar surface area (TPSA) is 89.4 Å². The van der Waals surface area contributed by atoms with Gasteiger partial charge in [0.25, 0.3) is 5.91 Å². The van der Waals surface area contributed by atoms with E-state index < -0.39 is 11.6 Å². The quantitative estimate of drug-likeness (QED) is 0.226. The minimum atomic E-state index is -1.23. The summed E-state index contributed by atoms with van der Waals surface area (Å²) in [5.41, 5.74) is 1.53. The average Bonchev–Trinajstić information content (AvgIpc) is 3.37. The zero-order chi connectivity index (χ0) is 27.5. The van der Waals surface area contributed by atoms with Crippen molar-refractivity contribution >= 4 is 11.8 Å². The van der Waals surface area contributed by atoms with Gasteiger partial charge in [-0.3, -0.25) is 4.79 Å². The van der Waals surface area contributed by atoms with Crippen LogP contribution in [0.3, 0.4) is 0 Å². The maximum atomic E-state index is 13.9. The molecule has 7 heteroatoms. The molecule has 7 nitrogen and oxygen atoms in total. The Kier molecular flexibility index (Phi) is 9.75. The second kappa shape index (κ2) is 13.6. The van der Waals surface area contributed by atoms with Gasteiger partial charge in [-0.2, -0.15) is 0 Å². The summed E-state index contributed by atoms with van der Waals surface area (Å²) in [7, 11) is 1.61. The number of aliphatic hydroxyl groups excluding tert-OH is 1. The molecule has 1 aliphatic rings. The normalized spacial score (nSPS) is 18.1. The number of ether oxygens (including phenoxy) is 3. The van der Waals surface area contributed by atoms with Crippen molar-refractivity contribution in [2.45, 2.75) is 37.3 Å². The van der Waals surface area contributed by atoms with Crippen LogP contribution in [0.4, 0.5) is 0 Å². The second-order valence-corrected chi connectivity index (χ2v) is 9.40. The lowest BCUT2D eigenvalue weighted by Crippen LogP contribution is -2.48. The predicted molar refractivity (Wildman–Crippen MR) is 152 cm³/mol. The standard InChI is InChI=1S/C32H36N2O5/c1-3-19-32(31(36)33-20-8-12-24-10-5-4-6-11-24)29(26-13-7-14-28(23-26)37-2)39-30(34-32)25-15-17-27(18-16-25)38-22-9-21-35/h3-7,10-11,13-18,23,29,35H,1,8-9,12,19-22H2,2H3,(H,33,36)/t29-,32-/m1/s1. The molecular formula is C32H36N2O5. The van der Waals surface area contributed by atoms with E-state index in [9.17, 15) is 4.79 Å². The number of hydrogen-bond acceptors (Lipinski definition) is 6. The van der Waals surface area contributed by atoms with Gasteiger partial charge in [-0.15, -0.1) is 6.58 Å². The smallest absolute Gasteiger partial charge is 0.252 e. The molecule has 3 aromatic carbocycles. The highest BCUT2D eigenvalue weighted by Crippen LogP contribution is 2.43. The molecule has 0 spiro atoms. The first-order valence-corrected chi connectivity index (χ1v) is 13.3. The van der Waals surface area contributed by atoms with Crippen molar-refractivity contribution in [2.75, 3.05) is 26.9 Å². The van der Waals surface area contributed by atoms with Gasteiger partial charge in [0, 0.05) is 31.6 Å². The van der Waals surface area contributed by atoms with Crippen LogP contribution in [0.15, 0.2) is 96.5 Å². The Labute approximate surface area is 230 Å². The summed E-state index contributed by atoms with van der Waals surface area (Å²) in [5.74, 6) is 1.53. The lowest BCUT2D eigenvalue weighted by atomic mass is 9.84. The van der Waals surface area contributed by atoms with E-state index in [1.165, 1.54) is 5.56 Å². The van der Waals surface area contributed by atoms with E-state index in [1.807, 2.05) is 66.7 Å². The number of aliphatic hydroxyl groups is 1. The third-order valence-corrected chi connectivity index (χ3v) is 6.65. The molecule has 2 N–H and O–H groups in total. The zero-order valence-electron chi connectivity index (χ0n) is 22.3. The Hall–Kier alpha value is -4.10. The minimum absolute atomic E-state index is 0.0775. The molecule has 0 radical (unpaired) electrons. The molecule has 1 heterocycles. The van der Waals surface area contributed by atoms with Gasteiger partial charge >= 0.3 is 0 Å². The summed E-state index contributed by atoms with van der Waals surface area (Å²) in [4.78, 5) is 18.8. The van der Waals surface area contributed by atoms with Crippen LogP contribution in [-0.4, -0.2) is 49.3 Å². The van der Waals surface area contributed by atoms with E-state index >= 15 is 0 Å². The first kappa shape index (κ1) is 27.9. The van der Waals surface area contributed by atoms with Crippen LogP contribution in [0.2, 0.25) is 0 Å². The van der Waals surface area contributed by atoms with Crippen LogP contribution in [0.25, 0.3) is 0 Å². The van der Waals surface area contributed by atoms with E-state index in [0.717, 1.165) is 24.0 Å². The Morgan fingerprint density at radius 3 is 2.59 bits per heavy atom. The van der Waals surface area contributed by atoms with Crippen molar-refractivity contribution in [3.63, 3.8) is 0 Å². The maximum absolute atomic E-state index is 13.9. The van der Waals surface area contributed by atoms with E-state index in [1.54, 1.807) is 13.2 Å². The fraction of sp³-hybridized carbons (Fsp3) is 0.312. The molecule has 1 aliphatic heterocycles. The Bertz CT molecular complexity index is 1260. The van der Waals surface area contributed by atoms with Crippen LogP contribution in [0.1, 0.15) is 42.1 Å². The first-order chi connectivity index (χ1) is 19.1. The van der Waals surface area contributed by atoms with Crippen molar-refractivity contribution in [1.29, 1.82) is 0 Å². The van der Waals surface area contributed by atoms with E-state index in [-0.39, 0.29) is 12.5 Å². The molecule has 1 amide bonds. The summed E-state index contributed by atoms with van der Waals surface area (Å²) in [6, 6.07) is 25.1. The highest BCUT2D eigenvalue weighted by Gasteiger charge is 2.52. The van der Waals surface area contributed by atoms with Gasteiger partial charge < -0.3 is 24.6 Å². The van der Waals surface area contributed by atoms with Crippen molar-refractivity contribution < 1.29 is 24.1 Å². The number of rotatable bonds is 14. The molecule has 39 heavy (non-hydrogen) atoms. The van der Waals surface area contributed by atoms with Crippen LogP contribution in [0, 0.1) is 0 Å². The van der Waals surface area contributed by atoms with Gasteiger partial charge in [-0.1, -0.05) is 48.5 Å². The highest BCUT2D eigenvalue weighted by molar-refractivity contribution is 6.01. The third-order valence-electron chi connectivity index (χ3n) is 6.65. The van der Waals surface area contributed by atoms with E-state index in [4.69, 9.17) is 24.3 Å². The number of nitrogens with one attached hydrogen (secondary N) is 1. The molecule has 0 aromatic heterocycles. The molecule has 0 fully saturated rings. The molecule has 204 valence electrons. The third kappa shape index (κ3) is 6.86. The molecule has 0 unspecified atom stereocenters. The van der Waals surface area contributed by atoms with Crippen LogP contribution >= 0.6 is 0 Å². The first-order valence-electron chi connectivity index (χ1n) is 13.3. The van der Waals surface area contributed by atoms with Gasteiger partial charge in [-0.05, 0) is 60.4 Å². The van der Waals surface area contributed by atoms with Crippen LogP contribution in [0.5, 0.6) is 11.5 Å². The number of carbonyl (C=O) groups excluding carboxylic acids is 1. The second-order valence-electron chi connectivity index (χ2n) is 9.40. The monoisotopic (exact) mass is 528 g/mol. The summed E-state index contributed by atoms with van der Waals surface area (Å²) in [6.07, 6.45) is 3.57. The molecule has 0 saturated carbocycles. The maximum Gasteiger partial charge on any atom is 0.252 e. The van der Waals surface area contributed by atoms with Gasteiger partial charge in [-0.25, -0.2) is 4.99 Å². The lowest BCUT2D eigenvalue weighted by Gasteiger charge is -2.30. The van der Waals surface area contributed by atoms with Crippen molar-refractivity contribution in [2.24, 2.45) is 4.99 Å². The summed E-state index contributed by atoms with van der Waals surface area (Å²) >= 11 is 0. The molecule has 3 aromatic rings. The average molecular weight is 529 g/mol. The van der Waals surface area contributed by atoms with Crippen molar-refractivity contribution in [3.8, 4) is 11.5 Å². The van der Waals surface area contributed by atoms with Crippen LogP contribution < -0.4 is 14.8 Å². The lowest BCUT2D eigenvalue weighted by molar-refractivity contribution is -0.128. The molecular weight excluding hydrogens is 492 g/mol. The molecule has 2 atom stereocenters. The Morgan fingerprint density at radius 2 is 1.87 bits per heavy atom. The number of aliphatic imine (C=N–C) groups is 1. The largest absolute Gasteiger partial charge is 0.497 e. The molecule has 0 saturated heterocycles. The van der Waals surface area contributed by atoms with Gasteiger partial charge in [0.1, 0.15) is 11.5 Å².